The second kappa shape index (κ2) is 9.36. The largest absolute Gasteiger partial charge is 0.494 e. The first-order valence-corrected chi connectivity index (χ1v) is 9.14. The molecule has 0 aliphatic rings. The predicted octanol–water partition coefficient (Wildman–Crippen LogP) is 5.61. The molecule has 0 amide bonds. The Morgan fingerprint density at radius 3 is 2.56 bits per heavy atom. The number of nitrogens with one attached hydrogen (secondary N) is 1. The van der Waals surface area contributed by atoms with Gasteiger partial charge < -0.3 is 14.8 Å². The number of aryl methyl sites for hydroxylation is 2. The normalized spacial score (nSPS) is 12.1. The maximum atomic E-state index is 6.08. The molecule has 0 saturated heterocycles. The summed E-state index contributed by atoms with van der Waals surface area (Å²) >= 11 is 0. The quantitative estimate of drug-likeness (QED) is 0.643. The van der Waals surface area contributed by atoms with Crippen LogP contribution in [-0.2, 0) is 0 Å². The standard InChI is InChI=1S/C22H31NO2/c1-16(2)11-12-24-21-8-6-7-20(14-21)23-15-19(5)25-22-13-17(3)9-10-18(22)4/h6-10,13-14,16,19,23H,11-12,15H2,1-5H3. The number of benzene rings is 2. The van der Waals surface area contributed by atoms with E-state index in [1.165, 1.54) is 5.56 Å². The summed E-state index contributed by atoms with van der Waals surface area (Å²) in [7, 11) is 0. The minimum atomic E-state index is 0.0750. The third kappa shape index (κ3) is 6.69. The molecule has 3 nitrogen and oxygen atoms in total. The summed E-state index contributed by atoms with van der Waals surface area (Å²) in [5, 5.41) is 3.43. The van der Waals surface area contributed by atoms with E-state index < -0.39 is 0 Å². The molecule has 25 heavy (non-hydrogen) atoms. The van der Waals surface area contributed by atoms with Crippen LogP contribution in [0.4, 0.5) is 5.69 Å². The summed E-state index contributed by atoms with van der Waals surface area (Å²) in [6, 6.07) is 14.4. The van der Waals surface area contributed by atoms with Gasteiger partial charge in [-0.3, -0.25) is 0 Å². The van der Waals surface area contributed by atoms with Crippen molar-refractivity contribution in [3.8, 4) is 11.5 Å². The van der Waals surface area contributed by atoms with Crippen molar-refractivity contribution in [2.24, 2.45) is 5.92 Å². The van der Waals surface area contributed by atoms with Crippen LogP contribution in [0.25, 0.3) is 0 Å². The molecule has 0 spiro atoms. The lowest BCUT2D eigenvalue weighted by Gasteiger charge is -2.18. The van der Waals surface area contributed by atoms with Crippen molar-refractivity contribution in [2.45, 2.75) is 47.1 Å². The van der Waals surface area contributed by atoms with Crippen LogP contribution in [0.5, 0.6) is 11.5 Å². The van der Waals surface area contributed by atoms with Crippen LogP contribution in [0.1, 0.15) is 38.3 Å². The lowest BCUT2D eigenvalue weighted by Crippen LogP contribution is -2.23. The highest BCUT2D eigenvalue weighted by Gasteiger charge is 2.07. The second-order valence-electron chi connectivity index (χ2n) is 7.14. The maximum absolute atomic E-state index is 6.08. The second-order valence-corrected chi connectivity index (χ2v) is 7.14. The molecule has 0 fully saturated rings. The Kier molecular flexibility index (Phi) is 7.17. The van der Waals surface area contributed by atoms with Gasteiger partial charge in [0.25, 0.3) is 0 Å². The molecule has 0 aromatic heterocycles. The molecule has 2 rings (SSSR count). The summed E-state index contributed by atoms with van der Waals surface area (Å²) in [6.07, 6.45) is 1.14. The Bertz CT molecular complexity index is 667. The van der Waals surface area contributed by atoms with Crippen LogP contribution in [-0.4, -0.2) is 19.3 Å². The minimum Gasteiger partial charge on any atom is -0.494 e. The van der Waals surface area contributed by atoms with E-state index in [1.54, 1.807) is 0 Å². The number of rotatable bonds is 9. The van der Waals surface area contributed by atoms with E-state index >= 15 is 0 Å². The van der Waals surface area contributed by atoms with Gasteiger partial charge in [0, 0.05) is 11.8 Å². The lowest BCUT2D eigenvalue weighted by atomic mass is 10.1. The fourth-order valence-electron chi connectivity index (χ4n) is 2.46. The zero-order chi connectivity index (χ0) is 18.2. The molecule has 3 heteroatoms. The Balaban J connectivity index is 1.84. The van der Waals surface area contributed by atoms with E-state index in [0.717, 1.165) is 42.3 Å². The van der Waals surface area contributed by atoms with Crippen LogP contribution in [0.3, 0.4) is 0 Å². The topological polar surface area (TPSA) is 30.5 Å². The summed E-state index contributed by atoms with van der Waals surface area (Å²) < 4.78 is 11.9. The fraction of sp³-hybridized carbons (Fsp3) is 0.455. The van der Waals surface area contributed by atoms with Crippen LogP contribution < -0.4 is 14.8 Å². The third-order valence-electron chi connectivity index (χ3n) is 4.06. The Labute approximate surface area is 152 Å². The molecule has 1 unspecified atom stereocenters. The first-order valence-electron chi connectivity index (χ1n) is 9.14. The molecule has 0 bridgehead atoms. The molecule has 0 radical (unpaired) electrons. The summed E-state index contributed by atoms with van der Waals surface area (Å²) in [5.41, 5.74) is 3.43. The molecule has 1 N–H and O–H groups in total. The molecule has 1 atom stereocenters. The van der Waals surface area contributed by atoms with Crippen molar-refractivity contribution >= 4 is 5.69 Å². The van der Waals surface area contributed by atoms with Crippen molar-refractivity contribution < 1.29 is 9.47 Å². The minimum absolute atomic E-state index is 0.0750. The first-order chi connectivity index (χ1) is 11.9. The van der Waals surface area contributed by atoms with Crippen LogP contribution in [0.15, 0.2) is 42.5 Å². The van der Waals surface area contributed by atoms with Gasteiger partial charge in [-0.05, 0) is 62.4 Å². The van der Waals surface area contributed by atoms with E-state index in [1.807, 2.05) is 18.2 Å². The third-order valence-corrected chi connectivity index (χ3v) is 4.06. The molecule has 0 heterocycles. The smallest absolute Gasteiger partial charge is 0.122 e. The van der Waals surface area contributed by atoms with Gasteiger partial charge in [0.05, 0.1) is 13.2 Å². The van der Waals surface area contributed by atoms with Crippen molar-refractivity contribution in [1.29, 1.82) is 0 Å². The average Bonchev–Trinajstić information content (AvgIpc) is 2.56. The lowest BCUT2D eigenvalue weighted by molar-refractivity contribution is 0.233. The van der Waals surface area contributed by atoms with Gasteiger partial charge in [-0.15, -0.1) is 0 Å². The zero-order valence-corrected chi connectivity index (χ0v) is 16.1. The summed E-state index contributed by atoms with van der Waals surface area (Å²) in [4.78, 5) is 0. The summed E-state index contributed by atoms with van der Waals surface area (Å²) in [5.74, 6) is 2.53. The van der Waals surface area contributed by atoms with Crippen molar-refractivity contribution in [2.75, 3.05) is 18.5 Å². The van der Waals surface area contributed by atoms with E-state index in [9.17, 15) is 0 Å². The van der Waals surface area contributed by atoms with Crippen LogP contribution in [0, 0.1) is 19.8 Å². The van der Waals surface area contributed by atoms with E-state index in [-0.39, 0.29) is 6.10 Å². The van der Waals surface area contributed by atoms with Gasteiger partial charge >= 0.3 is 0 Å². The Morgan fingerprint density at radius 1 is 1.00 bits per heavy atom. The Morgan fingerprint density at radius 2 is 1.80 bits per heavy atom. The highest BCUT2D eigenvalue weighted by atomic mass is 16.5. The van der Waals surface area contributed by atoms with Crippen LogP contribution >= 0.6 is 0 Å². The highest BCUT2D eigenvalue weighted by molar-refractivity contribution is 5.48. The zero-order valence-electron chi connectivity index (χ0n) is 16.1. The average molecular weight is 341 g/mol. The van der Waals surface area contributed by atoms with Crippen molar-refractivity contribution in [3.63, 3.8) is 0 Å². The molecule has 0 aliphatic heterocycles. The van der Waals surface area contributed by atoms with Gasteiger partial charge in [-0.25, -0.2) is 0 Å². The highest BCUT2D eigenvalue weighted by Crippen LogP contribution is 2.21. The predicted molar refractivity (Wildman–Crippen MR) is 106 cm³/mol. The Hall–Kier alpha value is -2.16. The van der Waals surface area contributed by atoms with Gasteiger partial charge in [0.2, 0.25) is 0 Å². The molecule has 2 aromatic rings. The summed E-state index contributed by atoms with van der Waals surface area (Å²) in [6.45, 7) is 12.2. The first kappa shape index (κ1) is 19.2. The molecule has 0 saturated carbocycles. The SMILES string of the molecule is Cc1ccc(C)c(OC(C)CNc2cccc(OCCC(C)C)c2)c1. The van der Waals surface area contributed by atoms with Gasteiger partial charge in [0.1, 0.15) is 17.6 Å². The fourth-order valence-corrected chi connectivity index (χ4v) is 2.46. The van der Waals surface area contributed by atoms with Gasteiger partial charge in [-0.1, -0.05) is 32.0 Å². The van der Waals surface area contributed by atoms with E-state index in [4.69, 9.17) is 9.47 Å². The van der Waals surface area contributed by atoms with Crippen LogP contribution in [0.2, 0.25) is 0 Å². The van der Waals surface area contributed by atoms with Crippen molar-refractivity contribution in [3.05, 3.63) is 53.6 Å². The molecule has 2 aromatic carbocycles. The molecule has 0 aliphatic carbocycles. The molecular formula is C22H31NO2. The van der Waals surface area contributed by atoms with Crippen molar-refractivity contribution in [1.82, 2.24) is 0 Å². The monoisotopic (exact) mass is 341 g/mol. The van der Waals surface area contributed by atoms with E-state index in [0.29, 0.717) is 5.92 Å². The number of hydrogen-bond acceptors (Lipinski definition) is 3. The molecule has 136 valence electrons. The van der Waals surface area contributed by atoms with Gasteiger partial charge in [-0.2, -0.15) is 0 Å². The molecular weight excluding hydrogens is 310 g/mol. The number of hydrogen-bond donors (Lipinski definition) is 1. The number of anilines is 1. The number of ether oxygens (including phenoxy) is 2. The van der Waals surface area contributed by atoms with Gasteiger partial charge in [0.15, 0.2) is 0 Å². The maximum Gasteiger partial charge on any atom is 0.122 e. The van der Waals surface area contributed by atoms with E-state index in [2.05, 4.69) is 64.2 Å².